The number of amides is 14. The van der Waals surface area contributed by atoms with E-state index in [2.05, 4.69) is 79.4 Å². The largest absolute Gasteiger partial charge is 0.480 e. The Labute approximate surface area is 624 Å². The number of nitrogens with zero attached hydrogens (tertiary/aromatic N) is 2. The Hall–Kier alpha value is -11.4. The van der Waals surface area contributed by atoms with Crippen LogP contribution in [0.4, 0.5) is 0 Å². The maximum Gasteiger partial charge on any atom is 0.326 e. The molecule has 2 aliphatic rings. The molecule has 39 heteroatoms. The van der Waals surface area contributed by atoms with E-state index in [1.165, 1.54) is 18.2 Å². The van der Waals surface area contributed by atoms with E-state index < -0.39 is 244 Å². The molecule has 3 aromatic carbocycles. The van der Waals surface area contributed by atoms with E-state index in [9.17, 15) is 108 Å². The van der Waals surface area contributed by atoms with Gasteiger partial charge in [0.15, 0.2) is 6.10 Å². The lowest BCUT2D eigenvalue weighted by Crippen LogP contribution is -2.63. The molecule has 0 fully saturated rings. The van der Waals surface area contributed by atoms with Crippen LogP contribution in [0.3, 0.4) is 0 Å². The third-order valence-corrected chi connectivity index (χ3v) is 17.3. The normalized spacial score (nSPS) is 25.5. The Balaban J connectivity index is 1.49. The Bertz CT molecular complexity index is 3960. The molecule has 0 saturated carbocycles. The number of fused-ring (bicyclic) bond motifs is 2. The second-order valence-corrected chi connectivity index (χ2v) is 26.4. The van der Waals surface area contributed by atoms with Crippen LogP contribution in [-0.2, 0) is 97.7 Å². The number of halogens is 1. The third-order valence-electron chi connectivity index (χ3n) is 16.7. The number of rotatable bonds is 16. The van der Waals surface area contributed by atoms with Gasteiger partial charge in [0.05, 0.1) is 69.0 Å². The molecule has 23 N–H and O–H groups in total. The summed E-state index contributed by atoms with van der Waals surface area (Å²) in [7, 11) is 0. The molecular weight excluding hydrogens is 1480 g/mol. The lowest BCUT2D eigenvalue weighted by Gasteiger charge is -2.28. The number of nitrogens with one attached hydrogen (secondary N) is 12. The number of carbonyl (C=O) groups excluding carboxylic acids is 14. The molecular formula is C69H87BrN16O22. The van der Waals surface area contributed by atoms with Crippen molar-refractivity contribution in [1.29, 1.82) is 0 Å². The third kappa shape index (κ3) is 27.2. The van der Waals surface area contributed by atoms with Crippen molar-refractivity contribution in [2.75, 3.05) is 19.8 Å². The van der Waals surface area contributed by atoms with Crippen molar-refractivity contribution < 1.29 is 108 Å². The summed E-state index contributed by atoms with van der Waals surface area (Å²) in [5, 5.41) is 104. The molecule has 0 radical (unpaired) electrons. The molecule has 0 spiro atoms. The number of carboxylic acids is 1. The molecule has 3 heterocycles. The number of aliphatic hydroxyl groups excluding tert-OH is 6. The smallest absolute Gasteiger partial charge is 0.326 e. The van der Waals surface area contributed by atoms with Gasteiger partial charge in [0, 0.05) is 55.7 Å². The van der Waals surface area contributed by atoms with Crippen molar-refractivity contribution in [1.82, 2.24) is 73.4 Å². The molecule has 6 rings (SSSR count). The minimum absolute atomic E-state index is 0.203. The van der Waals surface area contributed by atoms with Gasteiger partial charge >= 0.3 is 5.97 Å². The summed E-state index contributed by atoms with van der Waals surface area (Å²) in [6, 6.07) is 0.927. The van der Waals surface area contributed by atoms with Crippen LogP contribution in [0, 0.1) is 0 Å². The number of imidazole rings is 1. The number of primary amides is 2. The number of aromatic nitrogens is 2. The average Bonchev–Trinajstić information content (AvgIpc) is 1.20. The van der Waals surface area contributed by atoms with Crippen molar-refractivity contribution in [2.24, 2.45) is 11.5 Å². The summed E-state index contributed by atoms with van der Waals surface area (Å²) in [6.45, 7) is -1.28. The number of benzene rings is 3. The van der Waals surface area contributed by atoms with Gasteiger partial charge in [-0.3, -0.25) is 67.1 Å². The molecule has 582 valence electrons. The number of hydrogen-bond donors (Lipinski definition) is 21. The number of carboxylic acid groups (broad SMARTS) is 1. The maximum absolute atomic E-state index is 14.9. The van der Waals surface area contributed by atoms with Gasteiger partial charge in [-0.25, -0.2) is 9.78 Å². The van der Waals surface area contributed by atoms with Gasteiger partial charge in [0.25, 0.3) is 0 Å². The molecule has 15 atom stereocenters. The number of nitrogens with two attached hydrogens (primary N) is 2. The number of aliphatic carboxylic acids is 1. The van der Waals surface area contributed by atoms with Crippen molar-refractivity contribution in [3.05, 3.63) is 142 Å². The predicted octanol–water partition coefficient (Wildman–Crippen LogP) is -7.74. The predicted molar refractivity (Wildman–Crippen MR) is 380 cm³/mol. The van der Waals surface area contributed by atoms with Gasteiger partial charge in [-0.1, -0.05) is 113 Å². The standard InChI is InChI=1S/C69H87BrN16O22/c1-34(13-14-36-15-17-39(70)18-16-36)21-51(91)42-28-55(95)77-49(31-87)65(103)82-48-30-86-29-40(74-33-86)24-45(62(100)84-56(35(2)89)67(105)83-50(32-88)66(104)79-44(61(99)78-42)23-38-11-7-4-8-12-38)75-54(94)26-41(90)25-47(69(107)108)76-53(93)19-20-73-60(98)43(22-37-9-5-3-6-10-37)81-68(106)57(58(96)59(72)97)85-63(101)46(27-52(71)92)80-64(48)102/h3-18,21,29,33,35,41-51,56-58,87-91,96H,19-20,22-28,30-32H2,1-2H3,(H2,71,92)(H2,72,97)(H,73,98)(H,75,94)(H,76,93)(H,77,95)(H,78,99)(H,79,104)(H,80,102)(H,81,106)(H,82,103)(H,83,105)(H,84,100)(H,85,101)(H,107,108)/b14-13+,34-21+/t35-,41+,42+,43-,44-,45-,46-,47-,48+,49-,50-,51-,56-,57+,58+/m0/s1. The molecule has 4 bridgehead atoms. The van der Waals surface area contributed by atoms with Crippen molar-refractivity contribution >= 4 is 111 Å². The van der Waals surface area contributed by atoms with E-state index in [1.807, 2.05) is 5.32 Å². The molecule has 0 unspecified atom stereocenters. The van der Waals surface area contributed by atoms with Crippen LogP contribution in [0.2, 0.25) is 0 Å². The second-order valence-electron chi connectivity index (χ2n) is 25.5. The number of hydrogen-bond acceptors (Lipinski definition) is 22. The first kappa shape index (κ1) is 85.6. The zero-order valence-electron chi connectivity index (χ0n) is 58.3. The maximum atomic E-state index is 14.9. The number of carbonyl (C=O) groups is 15. The molecule has 108 heavy (non-hydrogen) atoms. The molecule has 0 saturated heterocycles. The van der Waals surface area contributed by atoms with Crippen LogP contribution in [0.15, 0.2) is 120 Å². The quantitative estimate of drug-likeness (QED) is 0.0463. The van der Waals surface area contributed by atoms with E-state index in [4.69, 9.17) is 11.5 Å². The summed E-state index contributed by atoms with van der Waals surface area (Å²) in [6.07, 6.45) is -7.78. The first-order valence-corrected chi connectivity index (χ1v) is 34.5. The highest BCUT2D eigenvalue weighted by Gasteiger charge is 2.40. The fourth-order valence-electron chi connectivity index (χ4n) is 11.0. The first-order valence-electron chi connectivity index (χ1n) is 33.7. The molecule has 38 nitrogen and oxygen atoms in total. The molecule has 1 aromatic heterocycles. The summed E-state index contributed by atoms with van der Waals surface area (Å²) < 4.78 is 1.83. The monoisotopic (exact) mass is 1570 g/mol. The van der Waals surface area contributed by atoms with E-state index in [0.29, 0.717) is 16.7 Å². The van der Waals surface area contributed by atoms with Gasteiger partial charge in [-0.15, -0.1) is 0 Å². The first-order chi connectivity index (χ1) is 51.2. The number of allylic oxidation sites excluding steroid dienone is 2. The lowest BCUT2D eigenvalue weighted by molar-refractivity contribution is -0.143. The Morgan fingerprint density at radius 3 is 1.71 bits per heavy atom. The van der Waals surface area contributed by atoms with Crippen LogP contribution in [0.25, 0.3) is 6.08 Å². The van der Waals surface area contributed by atoms with Crippen LogP contribution in [0.5, 0.6) is 0 Å². The van der Waals surface area contributed by atoms with Crippen molar-refractivity contribution in [2.45, 2.75) is 163 Å². The van der Waals surface area contributed by atoms with Crippen molar-refractivity contribution in [3.8, 4) is 0 Å². The van der Waals surface area contributed by atoms with Crippen LogP contribution in [0.1, 0.15) is 68.3 Å². The topological polar surface area (TPSA) is 612 Å². The number of aliphatic hydroxyl groups is 6. The van der Waals surface area contributed by atoms with E-state index >= 15 is 0 Å². The van der Waals surface area contributed by atoms with Gasteiger partial charge in [-0.2, -0.15) is 0 Å². The SMILES string of the molecule is CC(/C=C/c1ccc(Br)cc1)=C\[C@H](O)[C@H]1CC(=O)N[C@@H](CO)C(=O)N[C@@H]2Cn3cnc(c3)C[C@H](NC(=O)C[C@H](O)C[C@@H](C(=O)O)NC(=O)CCNC(=O)[C@H](Cc3ccccc3)NC(=O)[C@@H]([C@@H](O)C(N)=O)NC(=O)[C@H](CC(N)=O)NC2=O)C(=O)N[C@@H]([C@H](C)O)C(=O)N[C@@H](CO)C(=O)N[C@@H](Cc2ccccc2)C(=O)N1. The fraction of sp³-hybridized carbons (Fsp3) is 0.420. The summed E-state index contributed by atoms with van der Waals surface area (Å²) in [5.74, 6) is -20.1. The van der Waals surface area contributed by atoms with Gasteiger partial charge in [-0.05, 0) is 42.7 Å². The molecule has 0 aliphatic carbocycles. The summed E-state index contributed by atoms with van der Waals surface area (Å²) >= 11 is 3.37. The summed E-state index contributed by atoms with van der Waals surface area (Å²) in [4.78, 5) is 214. The zero-order chi connectivity index (χ0) is 79.5. The Kier molecular flexibility index (Phi) is 32.9. The molecule has 4 aromatic rings. The second kappa shape index (κ2) is 41.5. The Morgan fingerprint density at radius 2 is 1.12 bits per heavy atom. The summed E-state index contributed by atoms with van der Waals surface area (Å²) in [5.41, 5.74) is 12.7. The van der Waals surface area contributed by atoms with Gasteiger partial charge < -0.3 is 116 Å². The van der Waals surface area contributed by atoms with Crippen LogP contribution in [-0.4, -0.2) is 245 Å². The minimum atomic E-state index is -2.65. The highest BCUT2D eigenvalue weighted by atomic mass is 79.9. The zero-order valence-corrected chi connectivity index (χ0v) is 59.9. The molecule has 2 aliphatic heterocycles. The molecule has 14 amide bonds. The lowest BCUT2D eigenvalue weighted by atomic mass is 10.0. The fourth-order valence-corrected chi connectivity index (χ4v) is 11.3. The minimum Gasteiger partial charge on any atom is -0.480 e. The van der Waals surface area contributed by atoms with E-state index in [1.54, 1.807) is 91.9 Å². The van der Waals surface area contributed by atoms with Gasteiger partial charge in [0.1, 0.15) is 60.4 Å². The highest BCUT2D eigenvalue weighted by molar-refractivity contribution is 9.10. The average molecular weight is 1570 g/mol. The van der Waals surface area contributed by atoms with E-state index in [-0.39, 0.29) is 18.5 Å². The highest BCUT2D eigenvalue weighted by Crippen LogP contribution is 2.17. The van der Waals surface area contributed by atoms with Crippen LogP contribution < -0.4 is 75.3 Å². The Morgan fingerprint density at radius 1 is 0.593 bits per heavy atom. The van der Waals surface area contributed by atoms with Crippen molar-refractivity contribution in [3.63, 3.8) is 0 Å². The van der Waals surface area contributed by atoms with Gasteiger partial charge in [0.2, 0.25) is 82.7 Å². The van der Waals surface area contributed by atoms with Crippen LogP contribution >= 0.6 is 15.9 Å². The van der Waals surface area contributed by atoms with E-state index in [0.717, 1.165) is 34.1 Å².